The summed E-state index contributed by atoms with van der Waals surface area (Å²) in [5.41, 5.74) is 8.22. The van der Waals surface area contributed by atoms with E-state index in [1.54, 1.807) is 17.6 Å². The second-order valence-electron chi connectivity index (χ2n) is 3.60. The quantitative estimate of drug-likeness (QED) is 0.868. The van der Waals surface area contributed by atoms with Gasteiger partial charge in [-0.05, 0) is 19.9 Å². The molecule has 0 aliphatic carbocycles. The second-order valence-corrected chi connectivity index (χ2v) is 4.66. The number of furan rings is 1. The van der Waals surface area contributed by atoms with Gasteiger partial charge >= 0.3 is 0 Å². The van der Waals surface area contributed by atoms with Crippen LogP contribution in [0.1, 0.15) is 28.1 Å². The molecular weight excluding hydrogens is 208 g/mol. The topological polar surface area (TPSA) is 52.0 Å². The van der Waals surface area contributed by atoms with E-state index in [1.165, 1.54) is 0 Å². The molecule has 1 unspecified atom stereocenters. The third kappa shape index (κ3) is 2.27. The summed E-state index contributed by atoms with van der Waals surface area (Å²) in [5.74, 6) is 0.898. The Morgan fingerprint density at radius 3 is 2.87 bits per heavy atom. The molecule has 0 saturated carbocycles. The number of nitrogens with two attached hydrogens (primary N) is 1. The number of aromatic nitrogens is 1. The average Bonchev–Trinajstić information content (AvgIpc) is 2.75. The summed E-state index contributed by atoms with van der Waals surface area (Å²) in [6.07, 6.45) is 2.45. The summed E-state index contributed by atoms with van der Waals surface area (Å²) in [6.45, 7) is 3.93. The molecule has 0 amide bonds. The molecule has 4 heteroatoms. The minimum absolute atomic E-state index is 0.0229. The van der Waals surface area contributed by atoms with Crippen LogP contribution < -0.4 is 5.73 Å². The number of hydrogen-bond acceptors (Lipinski definition) is 4. The molecule has 15 heavy (non-hydrogen) atoms. The zero-order valence-electron chi connectivity index (χ0n) is 8.86. The van der Waals surface area contributed by atoms with E-state index < -0.39 is 0 Å². The Morgan fingerprint density at radius 1 is 1.53 bits per heavy atom. The normalized spacial score (nSPS) is 13.0. The van der Waals surface area contributed by atoms with Crippen LogP contribution in [0.2, 0.25) is 0 Å². The van der Waals surface area contributed by atoms with Gasteiger partial charge in [0, 0.05) is 23.4 Å². The summed E-state index contributed by atoms with van der Waals surface area (Å²) >= 11 is 1.66. The fourth-order valence-corrected chi connectivity index (χ4v) is 2.24. The lowest BCUT2D eigenvalue weighted by atomic mass is 10.0. The van der Waals surface area contributed by atoms with Gasteiger partial charge in [0.15, 0.2) is 0 Å². The largest absolute Gasteiger partial charge is 0.469 e. The molecule has 0 aliphatic heterocycles. The van der Waals surface area contributed by atoms with Crippen LogP contribution in [-0.4, -0.2) is 4.98 Å². The van der Waals surface area contributed by atoms with Gasteiger partial charge in [0.1, 0.15) is 5.76 Å². The Balaban J connectivity index is 2.10. The predicted octanol–water partition coefficient (Wildman–Crippen LogP) is 2.60. The van der Waals surface area contributed by atoms with Crippen molar-refractivity contribution < 1.29 is 4.42 Å². The van der Waals surface area contributed by atoms with E-state index in [0.29, 0.717) is 0 Å². The van der Waals surface area contributed by atoms with Crippen molar-refractivity contribution in [3.05, 3.63) is 39.7 Å². The van der Waals surface area contributed by atoms with Crippen LogP contribution in [-0.2, 0) is 6.42 Å². The molecule has 2 aromatic heterocycles. The highest BCUT2D eigenvalue weighted by Crippen LogP contribution is 2.21. The van der Waals surface area contributed by atoms with Gasteiger partial charge in [0.2, 0.25) is 0 Å². The van der Waals surface area contributed by atoms with Crippen LogP contribution >= 0.6 is 11.3 Å². The van der Waals surface area contributed by atoms with Crippen molar-refractivity contribution in [1.29, 1.82) is 0 Å². The molecule has 0 aliphatic rings. The molecule has 1 atom stereocenters. The summed E-state index contributed by atoms with van der Waals surface area (Å²) in [7, 11) is 0. The highest BCUT2D eigenvalue weighted by atomic mass is 32.1. The maximum Gasteiger partial charge on any atom is 0.105 e. The molecule has 0 fully saturated rings. The lowest BCUT2D eigenvalue weighted by Crippen LogP contribution is -2.13. The lowest BCUT2D eigenvalue weighted by molar-refractivity contribution is 0.523. The van der Waals surface area contributed by atoms with Crippen molar-refractivity contribution in [2.45, 2.75) is 26.3 Å². The monoisotopic (exact) mass is 222 g/mol. The highest BCUT2D eigenvalue weighted by Gasteiger charge is 2.13. The molecular formula is C11H14N2OS. The van der Waals surface area contributed by atoms with E-state index in [4.69, 9.17) is 10.2 Å². The Hall–Kier alpha value is -1.13. The zero-order valence-corrected chi connectivity index (χ0v) is 9.67. The van der Waals surface area contributed by atoms with Crippen LogP contribution in [0.3, 0.4) is 0 Å². The van der Waals surface area contributed by atoms with Crippen molar-refractivity contribution >= 4 is 11.3 Å². The molecule has 2 rings (SSSR count). The van der Waals surface area contributed by atoms with Crippen molar-refractivity contribution in [2.24, 2.45) is 5.73 Å². The highest BCUT2D eigenvalue weighted by molar-refractivity contribution is 7.09. The molecule has 80 valence electrons. The van der Waals surface area contributed by atoms with E-state index in [9.17, 15) is 0 Å². The first-order valence-corrected chi connectivity index (χ1v) is 5.75. The number of rotatable bonds is 3. The SMILES string of the molecule is Cc1nc(CC(N)c2ccoc2C)cs1. The summed E-state index contributed by atoms with van der Waals surface area (Å²) < 4.78 is 5.23. The molecule has 0 saturated heterocycles. The van der Waals surface area contributed by atoms with Gasteiger partial charge in [-0.3, -0.25) is 0 Å². The first-order valence-electron chi connectivity index (χ1n) is 4.87. The van der Waals surface area contributed by atoms with E-state index >= 15 is 0 Å². The van der Waals surface area contributed by atoms with E-state index in [1.807, 2.05) is 19.9 Å². The van der Waals surface area contributed by atoms with Crippen molar-refractivity contribution in [2.75, 3.05) is 0 Å². The molecule has 3 nitrogen and oxygen atoms in total. The van der Waals surface area contributed by atoms with Crippen LogP contribution in [0.4, 0.5) is 0 Å². The number of thiazole rings is 1. The van der Waals surface area contributed by atoms with Crippen LogP contribution in [0.5, 0.6) is 0 Å². The molecule has 2 aromatic rings. The Morgan fingerprint density at radius 2 is 2.33 bits per heavy atom. The first kappa shape index (κ1) is 10.4. The first-order chi connectivity index (χ1) is 7.16. The molecule has 0 aromatic carbocycles. The summed E-state index contributed by atoms with van der Waals surface area (Å²) in [6, 6.07) is 1.91. The Kier molecular flexibility index (Phi) is 2.88. The molecule has 0 radical (unpaired) electrons. The Bertz CT molecular complexity index is 447. The second kappa shape index (κ2) is 4.16. The van der Waals surface area contributed by atoms with E-state index in [-0.39, 0.29) is 6.04 Å². The van der Waals surface area contributed by atoms with Crippen molar-refractivity contribution in [1.82, 2.24) is 4.98 Å². The minimum atomic E-state index is -0.0229. The van der Waals surface area contributed by atoms with Gasteiger partial charge in [-0.2, -0.15) is 0 Å². The number of aryl methyl sites for hydroxylation is 2. The maximum atomic E-state index is 6.09. The van der Waals surface area contributed by atoms with Gasteiger partial charge in [0.05, 0.1) is 17.0 Å². The third-order valence-corrected chi connectivity index (χ3v) is 3.22. The van der Waals surface area contributed by atoms with Gasteiger partial charge < -0.3 is 10.2 Å². The lowest BCUT2D eigenvalue weighted by Gasteiger charge is -2.08. The Labute approximate surface area is 92.9 Å². The molecule has 2 heterocycles. The van der Waals surface area contributed by atoms with Crippen LogP contribution in [0.15, 0.2) is 22.1 Å². The van der Waals surface area contributed by atoms with Crippen molar-refractivity contribution in [3.63, 3.8) is 0 Å². The van der Waals surface area contributed by atoms with E-state index in [0.717, 1.165) is 28.4 Å². The van der Waals surface area contributed by atoms with Gasteiger partial charge in [-0.15, -0.1) is 11.3 Å². The average molecular weight is 222 g/mol. The van der Waals surface area contributed by atoms with Gasteiger partial charge in [-0.25, -0.2) is 4.98 Å². The molecule has 0 bridgehead atoms. The molecule has 2 N–H and O–H groups in total. The summed E-state index contributed by atoms with van der Waals surface area (Å²) in [5, 5.41) is 3.14. The van der Waals surface area contributed by atoms with Gasteiger partial charge in [-0.1, -0.05) is 0 Å². The number of hydrogen-bond donors (Lipinski definition) is 1. The fourth-order valence-electron chi connectivity index (χ4n) is 1.62. The fraction of sp³-hybridized carbons (Fsp3) is 0.364. The smallest absolute Gasteiger partial charge is 0.105 e. The standard InChI is InChI=1S/C11H14N2OS/c1-7-10(3-4-14-7)11(12)5-9-6-15-8(2)13-9/h3-4,6,11H,5,12H2,1-2H3. The van der Waals surface area contributed by atoms with Crippen LogP contribution in [0.25, 0.3) is 0 Å². The zero-order chi connectivity index (χ0) is 10.8. The van der Waals surface area contributed by atoms with Gasteiger partial charge in [0.25, 0.3) is 0 Å². The minimum Gasteiger partial charge on any atom is -0.469 e. The van der Waals surface area contributed by atoms with Crippen molar-refractivity contribution in [3.8, 4) is 0 Å². The van der Waals surface area contributed by atoms with E-state index in [2.05, 4.69) is 10.4 Å². The van der Waals surface area contributed by atoms with Crippen LogP contribution in [0, 0.1) is 13.8 Å². The third-order valence-electron chi connectivity index (χ3n) is 2.39. The maximum absolute atomic E-state index is 6.09. The predicted molar refractivity (Wildman–Crippen MR) is 60.9 cm³/mol. The number of nitrogens with zero attached hydrogens (tertiary/aromatic N) is 1. The summed E-state index contributed by atoms with van der Waals surface area (Å²) in [4.78, 5) is 4.40. The molecule has 0 spiro atoms.